The Bertz CT molecular complexity index is 178. The Morgan fingerprint density at radius 2 is 1.00 bits per heavy atom. The van der Waals surface area contributed by atoms with E-state index in [9.17, 15) is 4.79 Å². The van der Waals surface area contributed by atoms with Crippen LogP contribution in [0.4, 0.5) is 0 Å². The molecule has 0 atom stereocenters. The van der Waals surface area contributed by atoms with Gasteiger partial charge in [-0.15, -0.1) is 0 Å². The van der Waals surface area contributed by atoms with Crippen molar-refractivity contribution in [3.05, 3.63) is 0 Å². The van der Waals surface area contributed by atoms with Gasteiger partial charge in [0, 0.05) is 6.42 Å². The second-order valence-electron chi connectivity index (χ2n) is 5.39. The maximum absolute atomic E-state index is 10.3. The third-order valence-corrected chi connectivity index (χ3v) is 3.49. The molecule has 0 unspecified atom stereocenters. The number of carboxylic acid groups (broad SMARTS) is 1. The first-order valence-electron chi connectivity index (χ1n) is 7.99. The fourth-order valence-electron chi connectivity index (χ4n) is 2.29. The lowest BCUT2D eigenvalue weighted by atomic mass is 9.80. The lowest BCUT2D eigenvalue weighted by Crippen LogP contribution is -1.93. The fourth-order valence-corrected chi connectivity index (χ4v) is 2.29. The van der Waals surface area contributed by atoms with Crippen LogP contribution in [0.15, 0.2) is 0 Å². The van der Waals surface area contributed by atoms with Gasteiger partial charge in [-0.1, -0.05) is 84.0 Å². The molecule has 0 spiro atoms. The minimum atomic E-state index is -0.655. The van der Waals surface area contributed by atoms with E-state index >= 15 is 0 Å². The third kappa shape index (κ3) is 15.5. The van der Waals surface area contributed by atoms with Gasteiger partial charge in [0.1, 0.15) is 0 Å². The van der Waals surface area contributed by atoms with Crippen LogP contribution in [-0.4, -0.2) is 11.1 Å². The number of hydrogen-bond donors (Lipinski definition) is 1. The molecule has 108 valence electrons. The van der Waals surface area contributed by atoms with E-state index in [4.69, 9.17) is 5.11 Å². The molecule has 0 aromatic carbocycles. The van der Waals surface area contributed by atoms with E-state index in [2.05, 4.69) is 6.92 Å². The van der Waals surface area contributed by atoms with Crippen LogP contribution in [0.25, 0.3) is 0 Å². The molecule has 0 bridgehead atoms. The minimum Gasteiger partial charge on any atom is -0.481 e. The average molecular weight is 255 g/mol. The molecule has 0 aliphatic heterocycles. The second-order valence-corrected chi connectivity index (χ2v) is 5.39. The van der Waals surface area contributed by atoms with Crippen molar-refractivity contribution < 1.29 is 9.90 Å². The predicted molar refractivity (Wildman–Crippen MR) is 77.9 cm³/mol. The first-order chi connectivity index (χ1) is 8.77. The summed E-state index contributed by atoms with van der Waals surface area (Å²) < 4.78 is 0. The molecule has 0 amide bonds. The van der Waals surface area contributed by atoms with Crippen LogP contribution in [0.3, 0.4) is 0 Å². The van der Waals surface area contributed by atoms with Gasteiger partial charge in [-0.05, 0) is 6.42 Å². The van der Waals surface area contributed by atoms with Gasteiger partial charge in [0.15, 0.2) is 0 Å². The standard InChI is InChI=1S/C16H32O2/c1-2-3-4-5-6-7-8-9-10-11-12-13-14-15-16(17)18/h2-15H2,1H3,(H,17,18)/i3-1. The highest BCUT2D eigenvalue weighted by Gasteiger charge is 1.96. The van der Waals surface area contributed by atoms with E-state index < -0.39 is 5.97 Å². The molecule has 18 heavy (non-hydrogen) atoms. The molecular weight excluding hydrogens is 223 g/mol. The normalized spacial score (nSPS) is 10.7. The van der Waals surface area contributed by atoms with E-state index in [1.54, 1.807) is 0 Å². The molecular formula is C16H32O2. The molecule has 0 saturated carbocycles. The first-order valence-corrected chi connectivity index (χ1v) is 7.99. The zero-order valence-corrected chi connectivity index (χ0v) is 12.3. The van der Waals surface area contributed by atoms with E-state index in [1.165, 1.54) is 70.6 Å². The highest BCUT2D eigenvalue weighted by molar-refractivity contribution is 5.66. The number of hydrogen-bond acceptors (Lipinski definition) is 1. The third-order valence-electron chi connectivity index (χ3n) is 3.49. The molecule has 0 radical (unpaired) electrons. The maximum atomic E-state index is 10.3. The molecule has 0 rings (SSSR count). The predicted octanol–water partition coefficient (Wildman–Crippen LogP) is 5.55. The van der Waals surface area contributed by atoms with Gasteiger partial charge in [0.25, 0.3) is 0 Å². The lowest BCUT2D eigenvalue weighted by molar-refractivity contribution is -0.137. The molecule has 0 aliphatic rings. The zero-order chi connectivity index (χ0) is 13.5. The van der Waals surface area contributed by atoms with Crippen molar-refractivity contribution in [1.29, 1.82) is 0 Å². The number of unbranched alkanes of at least 4 members (excludes halogenated alkanes) is 12. The topological polar surface area (TPSA) is 37.3 Å². The molecule has 0 aromatic rings. The van der Waals surface area contributed by atoms with E-state index in [0.717, 1.165) is 12.8 Å². The summed E-state index contributed by atoms with van der Waals surface area (Å²) in [6, 6.07) is 0. The number of carbonyl (C=O) groups is 1. The first kappa shape index (κ1) is 17.5. The van der Waals surface area contributed by atoms with Gasteiger partial charge in [-0.2, -0.15) is 0 Å². The Balaban J connectivity index is 2.92. The van der Waals surface area contributed by atoms with E-state index in [1.807, 2.05) is 0 Å². The van der Waals surface area contributed by atoms with E-state index in [-0.39, 0.29) is 0 Å². The summed E-state index contributed by atoms with van der Waals surface area (Å²) in [6.07, 6.45) is 17.3. The van der Waals surface area contributed by atoms with Gasteiger partial charge >= 0.3 is 5.97 Å². The molecule has 0 fully saturated rings. The largest absolute Gasteiger partial charge is 0.481 e. The Kier molecular flexibility index (Phi) is 14.1. The van der Waals surface area contributed by atoms with Crippen LogP contribution >= 0.6 is 0 Å². The number of carboxylic acids is 1. The molecule has 1 N–H and O–H groups in total. The van der Waals surface area contributed by atoms with Crippen molar-refractivity contribution in [3.8, 4) is 0 Å². The fraction of sp³-hybridized carbons (Fsp3) is 0.938. The van der Waals surface area contributed by atoms with Crippen molar-refractivity contribution in [2.24, 2.45) is 0 Å². The molecule has 2 nitrogen and oxygen atoms in total. The number of aliphatic carboxylic acids is 1. The summed E-state index contributed by atoms with van der Waals surface area (Å²) in [6.45, 7) is 2.26. The van der Waals surface area contributed by atoms with Crippen LogP contribution in [0.2, 0.25) is 0 Å². The average Bonchev–Trinajstić information content (AvgIpc) is 2.34. The second kappa shape index (κ2) is 14.5. The summed E-state index contributed by atoms with van der Waals surface area (Å²) in [4.78, 5) is 10.3. The van der Waals surface area contributed by atoms with Crippen LogP contribution in [0, 0.1) is 0 Å². The summed E-state index contributed by atoms with van der Waals surface area (Å²) >= 11 is 0. The van der Waals surface area contributed by atoms with Gasteiger partial charge < -0.3 is 5.11 Å². The van der Waals surface area contributed by atoms with Crippen molar-refractivity contribution in [2.75, 3.05) is 0 Å². The summed E-state index contributed by atoms with van der Waals surface area (Å²) in [5.74, 6) is -0.655. The zero-order valence-electron chi connectivity index (χ0n) is 12.3. The number of rotatable bonds is 14. The molecule has 0 saturated heterocycles. The summed E-state index contributed by atoms with van der Waals surface area (Å²) in [5.41, 5.74) is 0. The monoisotopic (exact) mass is 255 g/mol. The van der Waals surface area contributed by atoms with Crippen LogP contribution in [0.1, 0.15) is 96.8 Å². The Morgan fingerprint density at radius 1 is 0.667 bits per heavy atom. The van der Waals surface area contributed by atoms with Crippen LogP contribution < -0.4 is 0 Å². The molecule has 0 aliphatic carbocycles. The minimum absolute atomic E-state index is 0.345. The van der Waals surface area contributed by atoms with Gasteiger partial charge in [0.05, 0.1) is 0 Å². The van der Waals surface area contributed by atoms with Crippen LogP contribution in [-0.2, 0) is 4.79 Å². The van der Waals surface area contributed by atoms with Crippen molar-refractivity contribution >= 4 is 5.97 Å². The Labute approximate surface area is 113 Å². The highest BCUT2D eigenvalue weighted by atomic mass is 16.4. The Morgan fingerprint density at radius 3 is 1.33 bits per heavy atom. The van der Waals surface area contributed by atoms with Gasteiger partial charge in [-0.25, -0.2) is 0 Å². The molecule has 2 heteroatoms. The molecule has 0 heterocycles. The van der Waals surface area contributed by atoms with Crippen LogP contribution in [0.5, 0.6) is 0 Å². The summed E-state index contributed by atoms with van der Waals surface area (Å²) in [7, 11) is 0. The van der Waals surface area contributed by atoms with Gasteiger partial charge in [-0.3, -0.25) is 4.79 Å². The Hall–Kier alpha value is -0.530. The SMILES string of the molecule is CC[11CH2]CCCCCCCCCCCCC(=O)O. The van der Waals surface area contributed by atoms with Crippen molar-refractivity contribution in [2.45, 2.75) is 96.8 Å². The van der Waals surface area contributed by atoms with Gasteiger partial charge in [0.2, 0.25) is 0 Å². The maximum Gasteiger partial charge on any atom is 0.303 e. The quantitative estimate of drug-likeness (QED) is 0.413. The van der Waals surface area contributed by atoms with Crippen molar-refractivity contribution in [1.82, 2.24) is 0 Å². The molecule has 0 aromatic heterocycles. The lowest BCUT2D eigenvalue weighted by Gasteiger charge is -2.02. The van der Waals surface area contributed by atoms with Crippen molar-refractivity contribution in [3.63, 3.8) is 0 Å². The van der Waals surface area contributed by atoms with E-state index in [0.29, 0.717) is 6.42 Å². The highest BCUT2D eigenvalue weighted by Crippen LogP contribution is 2.12. The summed E-state index contributed by atoms with van der Waals surface area (Å²) in [5, 5.41) is 8.49. The smallest absolute Gasteiger partial charge is 0.303 e.